The fourth-order valence-electron chi connectivity index (χ4n) is 3.31. The first-order chi connectivity index (χ1) is 15.7. The van der Waals surface area contributed by atoms with Crippen molar-refractivity contribution in [3.8, 4) is 11.3 Å². The number of benzene rings is 2. The number of morpholine rings is 1. The lowest BCUT2D eigenvalue weighted by molar-refractivity contribution is 0.0548. The van der Waals surface area contributed by atoms with Gasteiger partial charge in [-0.3, -0.25) is 9.69 Å². The summed E-state index contributed by atoms with van der Waals surface area (Å²) >= 11 is 3.03. The fraction of sp³-hybridized carbons (Fsp3) is 0.227. The van der Waals surface area contributed by atoms with Crippen LogP contribution in [-0.4, -0.2) is 48.1 Å². The molecular weight excluding hydrogens is 543 g/mol. The van der Waals surface area contributed by atoms with Crippen LogP contribution in [-0.2, 0) is 14.4 Å². The number of thiazole rings is 1. The second-order valence-corrected chi connectivity index (χ2v) is 8.33. The summed E-state index contributed by atoms with van der Waals surface area (Å²) in [6.45, 7) is 2.47. The van der Waals surface area contributed by atoms with Crippen molar-refractivity contribution in [2.24, 2.45) is 0 Å². The molecule has 4 rings (SSSR count). The summed E-state index contributed by atoms with van der Waals surface area (Å²) in [7, 11) is 0. The minimum Gasteiger partial charge on any atom is -0.378 e. The number of halogens is 1. The van der Waals surface area contributed by atoms with Gasteiger partial charge in [-0.25, -0.2) is 18.4 Å². The van der Waals surface area contributed by atoms with Gasteiger partial charge in [0.15, 0.2) is 5.13 Å². The Bertz CT molecular complexity index is 1060. The Morgan fingerprint density at radius 2 is 1.84 bits per heavy atom. The lowest BCUT2D eigenvalue weighted by Gasteiger charge is -2.31. The molecule has 0 aliphatic carbocycles. The van der Waals surface area contributed by atoms with E-state index in [-0.39, 0.29) is 11.9 Å². The number of hydrogen-bond acceptors (Lipinski definition) is 6. The number of carbonyl (C=O) groups excluding carboxylic acids is 2. The number of rotatable bonds is 6. The zero-order valence-corrected chi connectivity index (χ0v) is 20.0. The van der Waals surface area contributed by atoms with Gasteiger partial charge in [-0.15, -0.1) is 11.3 Å². The van der Waals surface area contributed by atoms with Crippen LogP contribution in [0.3, 0.4) is 0 Å². The molecular formula is C22H21IN4O4S. The van der Waals surface area contributed by atoms with Crippen molar-refractivity contribution in [3.05, 3.63) is 71.1 Å². The van der Waals surface area contributed by atoms with Crippen LogP contribution in [0.5, 0.6) is 0 Å². The van der Waals surface area contributed by atoms with E-state index in [9.17, 15) is 9.59 Å². The molecule has 32 heavy (non-hydrogen) atoms. The summed E-state index contributed by atoms with van der Waals surface area (Å²) in [5.74, 6) is -0.334. The third-order valence-corrected chi connectivity index (χ3v) is 6.08. The molecule has 1 aliphatic rings. The number of hydroxylamine groups is 1. The Morgan fingerprint density at radius 1 is 1.12 bits per heavy atom. The minimum absolute atomic E-state index is 0.109. The highest BCUT2D eigenvalue weighted by molar-refractivity contribution is 14.1. The molecule has 10 heteroatoms. The van der Waals surface area contributed by atoms with Crippen LogP contribution in [0.15, 0.2) is 60.0 Å². The van der Waals surface area contributed by atoms with Crippen LogP contribution >= 0.6 is 34.3 Å². The van der Waals surface area contributed by atoms with Gasteiger partial charge in [0, 0.05) is 29.6 Å². The Morgan fingerprint density at radius 3 is 2.53 bits per heavy atom. The van der Waals surface area contributed by atoms with E-state index in [0.29, 0.717) is 43.5 Å². The molecule has 1 aliphatic heterocycles. The van der Waals surface area contributed by atoms with Crippen molar-refractivity contribution in [2.75, 3.05) is 31.2 Å². The summed E-state index contributed by atoms with van der Waals surface area (Å²) in [5, 5.41) is 2.59. The number of nitrogens with one attached hydrogen (secondary N) is 1. The number of aromatic nitrogens is 1. The van der Waals surface area contributed by atoms with E-state index in [0.717, 1.165) is 16.8 Å². The first-order valence-corrected chi connectivity index (χ1v) is 11.7. The number of anilines is 1. The maximum absolute atomic E-state index is 13.4. The zero-order valence-electron chi connectivity index (χ0n) is 17.1. The summed E-state index contributed by atoms with van der Waals surface area (Å²) in [5.41, 5.74) is 5.47. The monoisotopic (exact) mass is 564 g/mol. The van der Waals surface area contributed by atoms with E-state index in [1.807, 2.05) is 47.8 Å². The smallest absolute Gasteiger partial charge is 0.326 e. The molecule has 1 fully saturated rings. The standard InChI is InChI=1S/C22H21IN4O4S/c23-31-25-20(28)18-8-6-16(7-9-18)14-27(22(29)26-10-12-30-13-11-26)21-24-19(15-32-21)17-4-2-1-3-5-17/h1-9,15H,10-14H2,(H,25,28). The third-order valence-electron chi connectivity index (χ3n) is 4.99. The largest absolute Gasteiger partial charge is 0.378 e. The van der Waals surface area contributed by atoms with E-state index in [2.05, 4.69) is 8.65 Å². The van der Waals surface area contributed by atoms with E-state index >= 15 is 0 Å². The van der Waals surface area contributed by atoms with Crippen molar-refractivity contribution < 1.29 is 17.5 Å². The number of hydrogen-bond donors (Lipinski definition) is 1. The Labute approximate surface area is 203 Å². The van der Waals surface area contributed by atoms with Crippen LogP contribution < -0.4 is 10.4 Å². The molecule has 0 bridgehead atoms. The number of urea groups is 1. The van der Waals surface area contributed by atoms with Gasteiger partial charge >= 0.3 is 6.03 Å². The maximum Gasteiger partial charge on any atom is 0.326 e. The molecule has 2 aromatic carbocycles. The summed E-state index contributed by atoms with van der Waals surface area (Å²) in [4.78, 5) is 33.5. The molecule has 0 radical (unpaired) electrons. The molecule has 3 amide bonds. The number of nitrogens with zero attached hydrogens (tertiary/aromatic N) is 3. The van der Waals surface area contributed by atoms with Crippen LogP contribution in [0.2, 0.25) is 0 Å². The SMILES string of the molecule is O=C(NOI)c1ccc(CN(C(=O)N2CCOCC2)c2nc(-c3ccccc3)cs2)cc1. The van der Waals surface area contributed by atoms with Crippen molar-refractivity contribution in [2.45, 2.75) is 6.54 Å². The first kappa shape index (κ1) is 22.6. The number of ether oxygens (including phenoxy) is 1. The second kappa shape index (κ2) is 10.9. The molecule has 3 aromatic rings. The molecule has 0 atom stereocenters. The van der Waals surface area contributed by atoms with Gasteiger partial charge in [0.2, 0.25) is 0 Å². The second-order valence-electron chi connectivity index (χ2n) is 7.05. The fourth-order valence-corrected chi connectivity index (χ4v) is 4.34. The van der Waals surface area contributed by atoms with Crippen molar-refractivity contribution in [1.29, 1.82) is 0 Å². The highest BCUT2D eigenvalue weighted by Crippen LogP contribution is 2.29. The molecule has 1 N–H and O–H groups in total. The summed E-state index contributed by atoms with van der Waals surface area (Å²) in [6, 6.07) is 16.8. The molecule has 1 aromatic heterocycles. The Balaban J connectivity index is 1.59. The van der Waals surface area contributed by atoms with Crippen molar-refractivity contribution >= 4 is 51.4 Å². The molecule has 0 spiro atoms. The Hall–Kier alpha value is -2.54. The lowest BCUT2D eigenvalue weighted by Crippen LogP contribution is -2.48. The number of carbonyl (C=O) groups is 2. The molecule has 2 heterocycles. The number of amides is 3. The average molecular weight is 564 g/mol. The molecule has 8 nitrogen and oxygen atoms in total. The molecule has 0 unspecified atom stereocenters. The van der Waals surface area contributed by atoms with Gasteiger partial charge in [0.1, 0.15) is 23.0 Å². The summed E-state index contributed by atoms with van der Waals surface area (Å²) < 4.78 is 10.0. The molecule has 0 saturated carbocycles. The van der Waals surface area contributed by atoms with Crippen LogP contribution in [0.4, 0.5) is 9.93 Å². The van der Waals surface area contributed by atoms with E-state index < -0.39 is 0 Å². The average Bonchev–Trinajstić information content (AvgIpc) is 3.34. The van der Waals surface area contributed by atoms with Crippen molar-refractivity contribution in [3.63, 3.8) is 0 Å². The van der Waals surface area contributed by atoms with Gasteiger partial charge < -0.3 is 9.64 Å². The molecule has 166 valence electrons. The Kier molecular flexibility index (Phi) is 7.68. The highest BCUT2D eigenvalue weighted by atomic mass is 127. The lowest BCUT2D eigenvalue weighted by atomic mass is 10.1. The topological polar surface area (TPSA) is 84.0 Å². The minimum atomic E-state index is -0.334. The van der Waals surface area contributed by atoms with E-state index in [1.54, 1.807) is 44.9 Å². The maximum atomic E-state index is 13.4. The van der Waals surface area contributed by atoms with Crippen LogP contribution in [0.25, 0.3) is 11.3 Å². The third kappa shape index (κ3) is 5.44. The van der Waals surface area contributed by atoms with Gasteiger partial charge in [-0.05, 0) is 17.7 Å². The van der Waals surface area contributed by atoms with E-state index in [4.69, 9.17) is 9.72 Å². The van der Waals surface area contributed by atoms with Crippen molar-refractivity contribution in [1.82, 2.24) is 15.4 Å². The first-order valence-electron chi connectivity index (χ1n) is 9.97. The zero-order chi connectivity index (χ0) is 22.3. The van der Waals surface area contributed by atoms with Gasteiger partial charge in [0.25, 0.3) is 5.91 Å². The van der Waals surface area contributed by atoms with Gasteiger partial charge in [0.05, 0.1) is 25.5 Å². The quantitative estimate of drug-likeness (QED) is 0.357. The van der Waals surface area contributed by atoms with Gasteiger partial charge in [-0.2, -0.15) is 0 Å². The predicted molar refractivity (Wildman–Crippen MR) is 131 cm³/mol. The highest BCUT2D eigenvalue weighted by Gasteiger charge is 2.26. The van der Waals surface area contributed by atoms with E-state index in [1.165, 1.54) is 11.3 Å². The summed E-state index contributed by atoms with van der Waals surface area (Å²) in [6.07, 6.45) is 0. The van der Waals surface area contributed by atoms with Crippen LogP contribution in [0, 0.1) is 0 Å². The normalized spacial score (nSPS) is 13.6. The van der Waals surface area contributed by atoms with Crippen LogP contribution in [0.1, 0.15) is 15.9 Å². The molecule has 1 saturated heterocycles. The van der Waals surface area contributed by atoms with Gasteiger partial charge in [-0.1, -0.05) is 42.5 Å². The predicted octanol–water partition coefficient (Wildman–Crippen LogP) is 4.28.